The molecule has 1 aliphatic heterocycles. The Morgan fingerprint density at radius 3 is 3.00 bits per heavy atom. The second-order valence-corrected chi connectivity index (χ2v) is 8.16. The first-order valence-corrected chi connectivity index (χ1v) is 9.72. The number of methoxy groups -OCH3 is 1. The molecule has 1 aromatic heterocycles. The van der Waals surface area contributed by atoms with E-state index in [-0.39, 0.29) is 16.4 Å². The molecule has 3 rings (SSSR count). The molecule has 9 heteroatoms. The summed E-state index contributed by atoms with van der Waals surface area (Å²) >= 11 is 0. The van der Waals surface area contributed by atoms with Crippen LogP contribution in [0.2, 0.25) is 0 Å². The van der Waals surface area contributed by atoms with Crippen molar-refractivity contribution in [1.82, 2.24) is 14.6 Å². The van der Waals surface area contributed by atoms with Gasteiger partial charge in [0.15, 0.2) is 5.58 Å². The lowest BCUT2D eigenvalue weighted by Crippen LogP contribution is -2.32. The van der Waals surface area contributed by atoms with Crippen molar-refractivity contribution < 1.29 is 17.6 Å². The number of aromatic amines is 1. The zero-order valence-electron chi connectivity index (χ0n) is 14.4. The molecule has 1 aromatic carbocycles. The normalized spacial score (nSPS) is 19.0. The third-order valence-electron chi connectivity index (χ3n) is 4.55. The average Bonchev–Trinajstić information content (AvgIpc) is 3.15. The van der Waals surface area contributed by atoms with Crippen LogP contribution in [0.15, 0.2) is 26.2 Å². The summed E-state index contributed by atoms with van der Waals surface area (Å²) in [5.74, 6) is -0.320. The summed E-state index contributed by atoms with van der Waals surface area (Å²) in [7, 11) is -1.99. The number of hydrogen-bond acceptors (Lipinski definition) is 6. The van der Waals surface area contributed by atoms with Gasteiger partial charge in [-0.05, 0) is 37.4 Å². The van der Waals surface area contributed by atoms with Gasteiger partial charge in [0.1, 0.15) is 0 Å². The van der Waals surface area contributed by atoms with Gasteiger partial charge in [-0.1, -0.05) is 0 Å². The Labute approximate surface area is 146 Å². The summed E-state index contributed by atoms with van der Waals surface area (Å²) < 4.78 is 38.0. The molecule has 0 saturated carbocycles. The molecular weight excluding hydrogens is 346 g/mol. The maximum atomic E-state index is 12.6. The van der Waals surface area contributed by atoms with Crippen molar-refractivity contribution in [2.24, 2.45) is 5.92 Å². The van der Waals surface area contributed by atoms with Crippen molar-refractivity contribution in [1.29, 1.82) is 0 Å². The molecule has 0 unspecified atom stereocenters. The molecule has 0 spiro atoms. The number of hydrogen-bond donors (Lipinski definition) is 2. The maximum absolute atomic E-state index is 12.6. The van der Waals surface area contributed by atoms with Crippen LogP contribution in [0, 0.1) is 12.8 Å². The number of fused-ring (bicyclic) bond motifs is 1. The van der Waals surface area contributed by atoms with E-state index >= 15 is 0 Å². The van der Waals surface area contributed by atoms with Crippen LogP contribution in [-0.4, -0.2) is 58.2 Å². The van der Waals surface area contributed by atoms with Crippen LogP contribution in [0.3, 0.4) is 0 Å². The number of oxazole rings is 1. The molecule has 1 aliphatic rings. The van der Waals surface area contributed by atoms with Gasteiger partial charge in [0.05, 0.1) is 17.0 Å². The number of nitrogens with zero attached hydrogens (tertiary/aromatic N) is 1. The first-order valence-electron chi connectivity index (χ1n) is 8.23. The molecule has 2 heterocycles. The van der Waals surface area contributed by atoms with Gasteiger partial charge in [-0.2, -0.15) is 0 Å². The van der Waals surface area contributed by atoms with Gasteiger partial charge < -0.3 is 14.1 Å². The summed E-state index contributed by atoms with van der Waals surface area (Å²) in [5.41, 5.74) is 1.29. The molecule has 8 nitrogen and oxygen atoms in total. The van der Waals surface area contributed by atoms with Crippen LogP contribution in [0.5, 0.6) is 0 Å². The molecule has 2 N–H and O–H groups in total. The predicted octanol–water partition coefficient (Wildman–Crippen LogP) is 0.676. The maximum Gasteiger partial charge on any atom is 0.417 e. The quantitative estimate of drug-likeness (QED) is 0.744. The lowest BCUT2D eigenvalue weighted by Gasteiger charge is -2.16. The smallest absolute Gasteiger partial charge is 0.408 e. The van der Waals surface area contributed by atoms with Crippen LogP contribution < -0.4 is 10.5 Å². The van der Waals surface area contributed by atoms with E-state index in [9.17, 15) is 13.2 Å². The summed E-state index contributed by atoms with van der Waals surface area (Å²) in [6.07, 6.45) is 0.955. The number of aryl methyl sites for hydroxylation is 1. The van der Waals surface area contributed by atoms with E-state index in [0.29, 0.717) is 24.2 Å². The molecule has 25 heavy (non-hydrogen) atoms. The van der Waals surface area contributed by atoms with E-state index in [2.05, 4.69) is 14.6 Å². The Hall–Kier alpha value is -1.68. The van der Waals surface area contributed by atoms with Gasteiger partial charge in [-0.15, -0.1) is 0 Å². The molecule has 2 aromatic rings. The number of ether oxygens (including phenoxy) is 1. The van der Waals surface area contributed by atoms with Gasteiger partial charge in [0, 0.05) is 32.8 Å². The minimum Gasteiger partial charge on any atom is -0.408 e. The molecule has 0 aliphatic carbocycles. The SMILES string of the molecule is COCCN1CC[C@H](CNS(=O)(=O)c2cc3oc(=O)[nH]c3cc2C)C1. The van der Waals surface area contributed by atoms with E-state index in [1.807, 2.05) is 0 Å². The Morgan fingerprint density at radius 2 is 2.24 bits per heavy atom. The monoisotopic (exact) mass is 369 g/mol. The van der Waals surface area contributed by atoms with Gasteiger partial charge in [-0.3, -0.25) is 4.98 Å². The highest BCUT2D eigenvalue weighted by molar-refractivity contribution is 7.89. The zero-order valence-corrected chi connectivity index (χ0v) is 15.2. The van der Waals surface area contributed by atoms with E-state index in [1.165, 1.54) is 6.07 Å². The minimum atomic E-state index is -3.66. The lowest BCUT2D eigenvalue weighted by molar-refractivity contribution is 0.159. The zero-order chi connectivity index (χ0) is 18.0. The fourth-order valence-corrected chi connectivity index (χ4v) is 4.54. The number of rotatable bonds is 7. The largest absolute Gasteiger partial charge is 0.417 e. The highest BCUT2D eigenvalue weighted by Gasteiger charge is 2.25. The van der Waals surface area contributed by atoms with Crippen molar-refractivity contribution in [3.8, 4) is 0 Å². The van der Waals surface area contributed by atoms with Crippen LogP contribution in [0.25, 0.3) is 11.1 Å². The standard InChI is InChI=1S/C16H23N3O5S/c1-11-7-13-14(24-16(20)18-13)8-15(11)25(21,22)17-9-12-3-4-19(10-12)5-6-23-2/h7-8,12,17H,3-6,9-10H2,1-2H3,(H,18,20)/t12-/m1/s1. The first-order chi connectivity index (χ1) is 11.9. The van der Waals surface area contributed by atoms with Crippen LogP contribution in [0.1, 0.15) is 12.0 Å². The topological polar surface area (TPSA) is 105 Å². The molecule has 0 radical (unpaired) electrons. The summed E-state index contributed by atoms with van der Waals surface area (Å²) in [5, 5.41) is 0. The average molecular weight is 369 g/mol. The first kappa shape index (κ1) is 18.1. The van der Waals surface area contributed by atoms with E-state index in [1.54, 1.807) is 20.1 Å². The minimum absolute atomic E-state index is 0.136. The van der Waals surface area contributed by atoms with E-state index in [4.69, 9.17) is 9.15 Å². The predicted molar refractivity (Wildman–Crippen MR) is 93.2 cm³/mol. The molecule has 0 amide bonds. The van der Waals surface area contributed by atoms with Crippen LogP contribution in [-0.2, 0) is 14.8 Å². The Morgan fingerprint density at radius 1 is 1.44 bits per heavy atom. The number of H-pyrrole nitrogens is 1. The fraction of sp³-hybridized carbons (Fsp3) is 0.562. The Bertz CT molecular complexity index is 902. The molecule has 0 bridgehead atoms. The van der Waals surface area contributed by atoms with Crippen molar-refractivity contribution in [3.63, 3.8) is 0 Å². The summed E-state index contributed by atoms with van der Waals surface area (Å²) in [6.45, 7) is 5.44. The number of sulfonamides is 1. The summed E-state index contributed by atoms with van der Waals surface area (Å²) in [6, 6.07) is 3.00. The van der Waals surface area contributed by atoms with Crippen molar-refractivity contribution in [3.05, 3.63) is 28.2 Å². The van der Waals surface area contributed by atoms with Gasteiger partial charge in [0.2, 0.25) is 10.0 Å². The third kappa shape index (κ3) is 4.12. The van der Waals surface area contributed by atoms with Gasteiger partial charge in [0.25, 0.3) is 0 Å². The van der Waals surface area contributed by atoms with E-state index < -0.39 is 15.8 Å². The van der Waals surface area contributed by atoms with Crippen molar-refractivity contribution >= 4 is 21.1 Å². The van der Waals surface area contributed by atoms with Crippen LogP contribution >= 0.6 is 0 Å². The third-order valence-corrected chi connectivity index (χ3v) is 6.12. The second kappa shape index (κ2) is 7.28. The molecule has 1 fully saturated rings. The van der Waals surface area contributed by atoms with Gasteiger partial charge in [-0.25, -0.2) is 17.9 Å². The van der Waals surface area contributed by atoms with Crippen LogP contribution in [0.4, 0.5) is 0 Å². The highest BCUT2D eigenvalue weighted by atomic mass is 32.2. The Balaban J connectivity index is 1.68. The lowest BCUT2D eigenvalue weighted by atomic mass is 10.1. The van der Waals surface area contributed by atoms with Crippen molar-refractivity contribution in [2.45, 2.75) is 18.2 Å². The molecule has 1 atom stereocenters. The fourth-order valence-electron chi connectivity index (χ4n) is 3.18. The van der Waals surface area contributed by atoms with Gasteiger partial charge >= 0.3 is 5.76 Å². The number of benzene rings is 1. The molecule has 138 valence electrons. The number of aromatic nitrogens is 1. The Kier molecular flexibility index (Phi) is 5.28. The highest BCUT2D eigenvalue weighted by Crippen LogP contribution is 2.22. The molecule has 1 saturated heterocycles. The molecular formula is C16H23N3O5S. The second-order valence-electron chi connectivity index (χ2n) is 6.43. The van der Waals surface area contributed by atoms with Crippen molar-refractivity contribution in [2.75, 3.05) is 39.9 Å². The summed E-state index contributed by atoms with van der Waals surface area (Å²) in [4.78, 5) is 16.2. The number of likely N-dealkylation sites (tertiary alicyclic amines) is 1. The van der Waals surface area contributed by atoms with E-state index in [0.717, 1.165) is 26.1 Å². The number of nitrogens with one attached hydrogen (secondary N) is 2.